The van der Waals surface area contributed by atoms with Gasteiger partial charge in [-0.3, -0.25) is 9.78 Å². The minimum absolute atomic E-state index is 0.00104. The molecule has 0 spiro atoms. The molecule has 4 nitrogen and oxygen atoms in total. The van der Waals surface area contributed by atoms with Gasteiger partial charge in [0.1, 0.15) is 0 Å². The summed E-state index contributed by atoms with van der Waals surface area (Å²) in [4.78, 5) is 17.9. The van der Waals surface area contributed by atoms with Crippen molar-refractivity contribution in [1.29, 1.82) is 0 Å². The monoisotopic (exact) mass is 304 g/mol. The molecule has 0 aliphatic carbocycles. The summed E-state index contributed by atoms with van der Waals surface area (Å²) >= 11 is 1.63. The number of carbonyl (C=O) groups is 1. The van der Waals surface area contributed by atoms with Crippen LogP contribution < -0.4 is 5.32 Å². The van der Waals surface area contributed by atoms with Gasteiger partial charge in [0, 0.05) is 12.6 Å². The molecular weight excluding hydrogens is 284 g/mol. The Morgan fingerprint density at radius 1 is 1.43 bits per heavy atom. The Morgan fingerprint density at radius 3 is 2.81 bits per heavy atom. The van der Waals surface area contributed by atoms with E-state index in [1.54, 1.807) is 11.3 Å². The molecule has 0 aliphatic heterocycles. The van der Waals surface area contributed by atoms with Gasteiger partial charge in [-0.2, -0.15) is 0 Å². The lowest BCUT2D eigenvalue weighted by Gasteiger charge is -2.16. The van der Waals surface area contributed by atoms with Gasteiger partial charge < -0.3 is 10.4 Å². The fourth-order valence-electron chi connectivity index (χ4n) is 2.16. The van der Waals surface area contributed by atoms with Gasteiger partial charge in [-0.1, -0.05) is 13.0 Å². The first-order valence-corrected chi connectivity index (χ1v) is 7.97. The highest BCUT2D eigenvalue weighted by Crippen LogP contribution is 2.23. The average molecular weight is 304 g/mol. The summed E-state index contributed by atoms with van der Waals surface area (Å²) in [6, 6.07) is 7.69. The molecule has 2 rings (SSSR count). The van der Waals surface area contributed by atoms with E-state index < -0.39 is 0 Å². The molecule has 2 heterocycles. The molecule has 112 valence electrons. The summed E-state index contributed by atoms with van der Waals surface area (Å²) in [5.41, 5.74) is 2.20. The van der Waals surface area contributed by atoms with Crippen LogP contribution in [0.2, 0.25) is 0 Å². The van der Waals surface area contributed by atoms with Crippen molar-refractivity contribution in [3.63, 3.8) is 0 Å². The Morgan fingerprint density at radius 2 is 2.24 bits per heavy atom. The van der Waals surface area contributed by atoms with Gasteiger partial charge in [-0.15, -0.1) is 11.3 Å². The fourth-order valence-corrected chi connectivity index (χ4v) is 2.86. The lowest BCUT2D eigenvalue weighted by molar-refractivity contribution is 0.0928. The molecule has 1 amide bonds. The number of nitrogens with one attached hydrogen (secondary N) is 1. The maximum absolute atomic E-state index is 12.3. The second kappa shape index (κ2) is 7.33. The van der Waals surface area contributed by atoms with Crippen LogP contribution in [0.5, 0.6) is 0 Å². The van der Waals surface area contributed by atoms with Gasteiger partial charge in [0.15, 0.2) is 0 Å². The molecule has 0 aromatic carbocycles. The lowest BCUT2D eigenvalue weighted by Crippen LogP contribution is -2.35. The van der Waals surface area contributed by atoms with E-state index in [0.717, 1.165) is 22.7 Å². The Bertz CT molecular complexity index is 596. The Labute approximate surface area is 128 Å². The van der Waals surface area contributed by atoms with E-state index >= 15 is 0 Å². The smallest absolute Gasteiger partial charge is 0.253 e. The molecule has 0 aliphatic rings. The van der Waals surface area contributed by atoms with Crippen LogP contribution in [0.1, 0.15) is 35.8 Å². The highest BCUT2D eigenvalue weighted by molar-refractivity contribution is 7.13. The summed E-state index contributed by atoms with van der Waals surface area (Å²) in [5.74, 6) is -0.127. The maximum Gasteiger partial charge on any atom is 0.253 e. The van der Waals surface area contributed by atoms with Crippen LogP contribution in [0.15, 0.2) is 29.6 Å². The molecule has 0 radical (unpaired) electrons. The van der Waals surface area contributed by atoms with Gasteiger partial charge in [0.25, 0.3) is 5.91 Å². The van der Waals surface area contributed by atoms with Gasteiger partial charge >= 0.3 is 0 Å². The van der Waals surface area contributed by atoms with Crippen molar-refractivity contribution in [2.75, 3.05) is 6.61 Å². The van der Waals surface area contributed by atoms with Gasteiger partial charge in [0.05, 0.1) is 21.8 Å². The number of aliphatic hydroxyl groups is 1. The van der Waals surface area contributed by atoms with Crippen molar-refractivity contribution in [2.45, 2.75) is 32.7 Å². The van der Waals surface area contributed by atoms with Crippen LogP contribution >= 0.6 is 11.3 Å². The van der Waals surface area contributed by atoms with E-state index in [1.165, 1.54) is 0 Å². The molecule has 1 atom stereocenters. The van der Waals surface area contributed by atoms with Crippen molar-refractivity contribution in [1.82, 2.24) is 10.3 Å². The van der Waals surface area contributed by atoms with Crippen LogP contribution in [0.4, 0.5) is 0 Å². The van der Waals surface area contributed by atoms with Crippen LogP contribution in [-0.2, 0) is 0 Å². The largest absolute Gasteiger partial charge is 0.396 e. The van der Waals surface area contributed by atoms with E-state index in [0.29, 0.717) is 12.0 Å². The van der Waals surface area contributed by atoms with E-state index in [-0.39, 0.29) is 18.6 Å². The van der Waals surface area contributed by atoms with Crippen LogP contribution in [0, 0.1) is 6.92 Å². The molecule has 2 aromatic rings. The zero-order valence-electron chi connectivity index (χ0n) is 12.3. The second-order valence-electron chi connectivity index (χ2n) is 4.90. The van der Waals surface area contributed by atoms with Gasteiger partial charge in [-0.25, -0.2) is 0 Å². The van der Waals surface area contributed by atoms with Crippen molar-refractivity contribution >= 4 is 17.2 Å². The van der Waals surface area contributed by atoms with E-state index in [2.05, 4.69) is 10.3 Å². The van der Waals surface area contributed by atoms with Crippen molar-refractivity contribution in [3.05, 3.63) is 40.9 Å². The van der Waals surface area contributed by atoms with E-state index in [1.807, 2.05) is 43.5 Å². The third kappa shape index (κ3) is 3.89. The Kier molecular flexibility index (Phi) is 5.47. The number of aromatic nitrogens is 1. The summed E-state index contributed by atoms with van der Waals surface area (Å²) in [6.07, 6.45) is 1.37. The molecule has 0 saturated heterocycles. The summed E-state index contributed by atoms with van der Waals surface area (Å²) in [5, 5.41) is 13.9. The number of hydrogen-bond donors (Lipinski definition) is 2. The van der Waals surface area contributed by atoms with Gasteiger partial charge in [0.2, 0.25) is 0 Å². The standard InChI is InChI=1S/C16H20N2O2S/c1-3-12(8-9-19)18-16(20)13-6-7-14(17-11(13)2)15-5-4-10-21-15/h4-7,10,12,19H,3,8-9H2,1-2H3,(H,18,20). The number of nitrogens with zero attached hydrogens (tertiary/aromatic N) is 1. The third-order valence-corrected chi connectivity index (χ3v) is 4.30. The Hall–Kier alpha value is -1.72. The SMILES string of the molecule is CCC(CCO)NC(=O)c1ccc(-c2cccs2)nc1C. The van der Waals surface area contributed by atoms with Crippen molar-refractivity contribution in [2.24, 2.45) is 0 Å². The van der Waals surface area contributed by atoms with Crippen LogP contribution in [0.25, 0.3) is 10.6 Å². The lowest BCUT2D eigenvalue weighted by atomic mass is 10.1. The summed E-state index contributed by atoms with van der Waals surface area (Å²) < 4.78 is 0. The second-order valence-corrected chi connectivity index (χ2v) is 5.85. The van der Waals surface area contributed by atoms with E-state index in [4.69, 9.17) is 5.11 Å². The molecule has 0 fully saturated rings. The summed E-state index contributed by atoms with van der Waals surface area (Å²) in [7, 11) is 0. The topological polar surface area (TPSA) is 62.2 Å². The average Bonchev–Trinajstić information content (AvgIpc) is 3.00. The zero-order chi connectivity index (χ0) is 15.2. The predicted molar refractivity (Wildman–Crippen MR) is 85.5 cm³/mol. The van der Waals surface area contributed by atoms with Crippen molar-refractivity contribution in [3.8, 4) is 10.6 Å². The number of amides is 1. The number of thiophene rings is 1. The minimum atomic E-state index is -0.127. The first kappa shape index (κ1) is 15.7. The number of aliphatic hydroxyl groups excluding tert-OH is 1. The van der Waals surface area contributed by atoms with Crippen LogP contribution in [0.3, 0.4) is 0 Å². The molecule has 2 N–H and O–H groups in total. The molecule has 1 unspecified atom stereocenters. The minimum Gasteiger partial charge on any atom is -0.396 e. The number of aryl methyl sites for hydroxylation is 1. The fraction of sp³-hybridized carbons (Fsp3) is 0.375. The first-order chi connectivity index (χ1) is 10.2. The third-order valence-electron chi connectivity index (χ3n) is 3.41. The highest BCUT2D eigenvalue weighted by Gasteiger charge is 2.15. The molecule has 5 heteroatoms. The molecule has 0 saturated carbocycles. The maximum atomic E-state index is 12.3. The zero-order valence-corrected chi connectivity index (χ0v) is 13.1. The highest BCUT2D eigenvalue weighted by atomic mass is 32.1. The molecule has 21 heavy (non-hydrogen) atoms. The normalized spacial score (nSPS) is 12.1. The van der Waals surface area contributed by atoms with Crippen molar-refractivity contribution < 1.29 is 9.90 Å². The molecule has 0 bridgehead atoms. The molecule has 2 aromatic heterocycles. The van der Waals surface area contributed by atoms with E-state index in [9.17, 15) is 4.79 Å². The first-order valence-electron chi connectivity index (χ1n) is 7.09. The van der Waals surface area contributed by atoms with Gasteiger partial charge in [-0.05, 0) is 43.3 Å². The number of carbonyl (C=O) groups excluding carboxylic acids is 1. The number of pyridine rings is 1. The quantitative estimate of drug-likeness (QED) is 0.862. The molecular formula is C16H20N2O2S. The van der Waals surface area contributed by atoms with Crippen LogP contribution in [-0.4, -0.2) is 28.6 Å². The number of rotatable bonds is 6. The number of hydrogen-bond acceptors (Lipinski definition) is 4. The predicted octanol–water partition coefficient (Wildman–Crippen LogP) is 3.01. The summed E-state index contributed by atoms with van der Waals surface area (Å²) in [6.45, 7) is 3.91. The Balaban J connectivity index is 2.15.